The fraction of sp³-hybridized carbons (Fsp3) is 0.214. The minimum absolute atomic E-state index is 0.0337. The second kappa shape index (κ2) is 11.1. The predicted octanol–water partition coefficient (Wildman–Crippen LogP) is 2.65. The van der Waals surface area contributed by atoms with Crippen LogP contribution < -0.4 is 16.0 Å². The standard InChI is InChI=1S/C28H26N8O3/c1-17-16-36(11-12-38-17)22-13-18(14-29)15-32-24(22)25(30)39-28(31)35-26-27(37)33-21-10-6-5-9-20(21)23(34-26)19-7-3-2-4-8-19/h2-10,13,15,17,26,30H,11-12,16H2,1H3,(H2,31,35)(H,33,37)/t17-,26-/m1/s1. The highest BCUT2D eigenvalue weighted by Gasteiger charge is 2.27. The molecule has 5 rings (SSSR count). The molecule has 2 aliphatic rings. The number of nitrogens with zero attached hydrogens (tertiary/aromatic N) is 5. The summed E-state index contributed by atoms with van der Waals surface area (Å²) in [5.74, 6) is -0.870. The van der Waals surface area contributed by atoms with Gasteiger partial charge >= 0.3 is 0 Å². The number of nitriles is 1. The molecule has 11 nitrogen and oxygen atoms in total. The van der Waals surface area contributed by atoms with Crippen molar-refractivity contribution in [2.75, 3.05) is 29.9 Å². The molecule has 0 saturated carbocycles. The number of carbonyl (C=O) groups is 1. The number of anilines is 2. The van der Waals surface area contributed by atoms with E-state index < -0.39 is 18.1 Å². The Bertz CT molecular complexity index is 1510. The Balaban J connectivity index is 1.44. The molecule has 196 valence electrons. The topological polar surface area (TPSA) is 162 Å². The number of benzodiazepines with no additional fused rings is 1. The number of hydrogen-bond donors (Lipinski definition) is 3. The summed E-state index contributed by atoms with van der Waals surface area (Å²) in [6.45, 7) is 3.56. The Labute approximate surface area is 225 Å². The number of pyridine rings is 1. The van der Waals surface area contributed by atoms with E-state index in [0.29, 0.717) is 42.3 Å². The molecule has 3 aromatic rings. The molecule has 1 fully saturated rings. The van der Waals surface area contributed by atoms with Gasteiger partial charge in [-0.2, -0.15) is 10.3 Å². The quantitative estimate of drug-likeness (QED) is 0.350. The SMILES string of the molecule is C[C@@H]1CN(c2cc(C#N)cnc2C(=N)O/C(N)=N/[C@H]2N=C(c3ccccc3)c3ccccc3NC2=O)CCO1. The molecule has 0 spiro atoms. The molecule has 39 heavy (non-hydrogen) atoms. The molecule has 1 amide bonds. The molecule has 0 radical (unpaired) electrons. The number of fused-ring (bicyclic) bond motifs is 1. The third kappa shape index (κ3) is 5.61. The number of nitrogens with one attached hydrogen (secondary N) is 2. The van der Waals surface area contributed by atoms with Gasteiger partial charge in [0.15, 0.2) is 0 Å². The van der Waals surface area contributed by atoms with Crippen LogP contribution in [-0.4, -0.2) is 60.5 Å². The van der Waals surface area contributed by atoms with Crippen LogP contribution in [0, 0.1) is 16.7 Å². The van der Waals surface area contributed by atoms with Gasteiger partial charge in [-0.15, -0.1) is 0 Å². The van der Waals surface area contributed by atoms with E-state index >= 15 is 0 Å². The number of morpholine rings is 1. The average molecular weight is 523 g/mol. The second-order valence-corrected chi connectivity index (χ2v) is 8.98. The van der Waals surface area contributed by atoms with Crippen molar-refractivity contribution < 1.29 is 14.3 Å². The van der Waals surface area contributed by atoms with E-state index in [9.17, 15) is 10.1 Å². The lowest BCUT2D eigenvalue weighted by Gasteiger charge is -2.33. The van der Waals surface area contributed by atoms with Crippen LogP contribution in [0.15, 0.2) is 76.8 Å². The first-order valence-electron chi connectivity index (χ1n) is 12.3. The summed E-state index contributed by atoms with van der Waals surface area (Å²) in [4.78, 5) is 28.2. The smallest absolute Gasteiger partial charge is 0.291 e. The minimum Gasteiger partial charge on any atom is -0.405 e. The van der Waals surface area contributed by atoms with E-state index in [1.54, 1.807) is 12.1 Å². The van der Waals surface area contributed by atoms with E-state index in [1.807, 2.05) is 60.4 Å². The van der Waals surface area contributed by atoms with Gasteiger partial charge in [-0.1, -0.05) is 48.5 Å². The zero-order valence-corrected chi connectivity index (χ0v) is 21.2. The Kier molecular flexibility index (Phi) is 7.29. The Hall–Kier alpha value is -5.08. The van der Waals surface area contributed by atoms with Gasteiger partial charge in [0, 0.05) is 30.4 Å². The van der Waals surface area contributed by atoms with Gasteiger partial charge in [-0.25, -0.2) is 9.98 Å². The molecule has 3 heterocycles. The molecule has 2 aromatic carbocycles. The maximum Gasteiger partial charge on any atom is 0.291 e. The van der Waals surface area contributed by atoms with E-state index in [4.69, 9.17) is 20.6 Å². The zero-order chi connectivity index (χ0) is 27.4. The molecule has 1 aromatic heterocycles. The van der Waals surface area contributed by atoms with Crippen molar-refractivity contribution in [2.45, 2.75) is 19.2 Å². The maximum atomic E-state index is 13.1. The number of hydrogen-bond acceptors (Lipinski definition) is 9. The Morgan fingerprint density at radius 1 is 1.26 bits per heavy atom. The fourth-order valence-electron chi connectivity index (χ4n) is 4.43. The largest absolute Gasteiger partial charge is 0.405 e. The molecule has 2 aliphatic heterocycles. The van der Waals surface area contributed by atoms with Crippen molar-refractivity contribution in [1.82, 2.24) is 4.98 Å². The number of rotatable bonds is 4. The van der Waals surface area contributed by atoms with E-state index in [1.165, 1.54) is 6.20 Å². The predicted molar refractivity (Wildman–Crippen MR) is 147 cm³/mol. The summed E-state index contributed by atoms with van der Waals surface area (Å²) in [5.41, 5.74) is 9.88. The van der Waals surface area contributed by atoms with Gasteiger partial charge in [0.1, 0.15) is 11.8 Å². The van der Waals surface area contributed by atoms with Crippen LogP contribution in [0.1, 0.15) is 29.3 Å². The zero-order valence-electron chi connectivity index (χ0n) is 21.2. The summed E-state index contributed by atoms with van der Waals surface area (Å²) in [7, 11) is 0. The number of aliphatic imine (C=N–C) groups is 2. The van der Waals surface area contributed by atoms with Crippen LogP contribution in [0.2, 0.25) is 0 Å². The van der Waals surface area contributed by atoms with Gasteiger partial charge in [-0.05, 0) is 19.1 Å². The van der Waals surface area contributed by atoms with E-state index in [-0.39, 0.29) is 17.7 Å². The number of para-hydroxylation sites is 1. The lowest BCUT2D eigenvalue weighted by Crippen LogP contribution is -2.42. The number of ether oxygens (including phenoxy) is 2. The average Bonchev–Trinajstić information content (AvgIpc) is 3.09. The fourth-order valence-corrected chi connectivity index (χ4v) is 4.43. The minimum atomic E-state index is -1.26. The summed E-state index contributed by atoms with van der Waals surface area (Å²) in [6, 6.07) is 20.1. The number of amidine groups is 1. The molecular formula is C28H26N8O3. The van der Waals surface area contributed by atoms with Crippen LogP contribution in [0.3, 0.4) is 0 Å². The normalized spacial score (nSPS) is 19.2. The number of nitrogens with two attached hydrogens (primary N) is 1. The van der Waals surface area contributed by atoms with Crippen molar-refractivity contribution in [3.63, 3.8) is 0 Å². The van der Waals surface area contributed by atoms with Gasteiger partial charge in [0.25, 0.3) is 11.9 Å². The van der Waals surface area contributed by atoms with Crippen molar-refractivity contribution in [2.24, 2.45) is 15.7 Å². The number of amides is 1. The number of carbonyl (C=O) groups excluding carboxylic acids is 1. The lowest BCUT2D eigenvalue weighted by molar-refractivity contribution is -0.117. The van der Waals surface area contributed by atoms with Crippen LogP contribution in [-0.2, 0) is 14.3 Å². The highest BCUT2D eigenvalue weighted by atomic mass is 16.5. The van der Waals surface area contributed by atoms with Gasteiger partial charge in [0.2, 0.25) is 12.1 Å². The molecule has 1 saturated heterocycles. The lowest BCUT2D eigenvalue weighted by atomic mass is 10.0. The van der Waals surface area contributed by atoms with Crippen LogP contribution in [0.5, 0.6) is 0 Å². The molecule has 0 bridgehead atoms. The van der Waals surface area contributed by atoms with Crippen LogP contribution in [0.4, 0.5) is 11.4 Å². The first-order chi connectivity index (χ1) is 18.9. The molecule has 11 heteroatoms. The van der Waals surface area contributed by atoms with Crippen molar-refractivity contribution in [3.8, 4) is 6.07 Å². The third-order valence-electron chi connectivity index (χ3n) is 6.22. The monoisotopic (exact) mass is 522 g/mol. The first kappa shape index (κ1) is 25.6. The molecule has 0 unspecified atom stereocenters. The Morgan fingerprint density at radius 3 is 2.79 bits per heavy atom. The summed E-state index contributed by atoms with van der Waals surface area (Å²) < 4.78 is 11.2. The summed E-state index contributed by atoms with van der Waals surface area (Å²) in [6.07, 6.45) is 0.0721. The summed E-state index contributed by atoms with van der Waals surface area (Å²) in [5, 5.41) is 20.8. The van der Waals surface area contributed by atoms with Crippen LogP contribution in [0.25, 0.3) is 0 Å². The van der Waals surface area contributed by atoms with Crippen molar-refractivity contribution >= 4 is 34.9 Å². The van der Waals surface area contributed by atoms with Gasteiger partial charge < -0.3 is 25.4 Å². The van der Waals surface area contributed by atoms with E-state index in [2.05, 4.69) is 26.4 Å². The highest BCUT2D eigenvalue weighted by Crippen LogP contribution is 2.25. The number of benzene rings is 2. The first-order valence-corrected chi connectivity index (χ1v) is 12.3. The van der Waals surface area contributed by atoms with Crippen molar-refractivity contribution in [3.05, 3.63) is 89.2 Å². The second-order valence-electron chi connectivity index (χ2n) is 8.98. The van der Waals surface area contributed by atoms with E-state index in [0.717, 1.165) is 11.1 Å². The van der Waals surface area contributed by atoms with Gasteiger partial charge in [-0.3, -0.25) is 10.2 Å². The molecular weight excluding hydrogens is 496 g/mol. The highest BCUT2D eigenvalue weighted by molar-refractivity contribution is 6.19. The molecule has 2 atom stereocenters. The van der Waals surface area contributed by atoms with Gasteiger partial charge in [0.05, 0.1) is 35.4 Å². The summed E-state index contributed by atoms with van der Waals surface area (Å²) >= 11 is 0. The van der Waals surface area contributed by atoms with Crippen LogP contribution >= 0.6 is 0 Å². The third-order valence-corrected chi connectivity index (χ3v) is 6.22. The number of aromatic nitrogens is 1. The maximum absolute atomic E-state index is 13.1. The van der Waals surface area contributed by atoms with Crippen molar-refractivity contribution in [1.29, 1.82) is 10.7 Å². The molecule has 0 aliphatic carbocycles. The molecule has 4 N–H and O–H groups in total. The Morgan fingerprint density at radius 2 is 2.03 bits per heavy atom.